The lowest BCUT2D eigenvalue weighted by Crippen LogP contribution is -2.34. The average Bonchev–Trinajstić information content (AvgIpc) is 3.33. The Labute approximate surface area is 166 Å². The fraction of sp³-hybridized carbons (Fsp3) is 0.636. The highest BCUT2D eigenvalue weighted by atomic mass is 79.9. The summed E-state index contributed by atoms with van der Waals surface area (Å²) in [4.78, 5) is 0. The van der Waals surface area contributed by atoms with Crippen LogP contribution in [-0.2, 0) is 19.3 Å². The Kier molecular flexibility index (Phi) is 6.29. The number of fused-ring (bicyclic) bond motifs is 3. The highest BCUT2D eigenvalue weighted by molar-refractivity contribution is 9.10. The van der Waals surface area contributed by atoms with Gasteiger partial charge < -0.3 is 8.83 Å². The van der Waals surface area contributed by atoms with E-state index in [-0.39, 0.29) is 0 Å². The maximum Gasteiger partial charge on any atom is 0.146 e. The summed E-state index contributed by atoms with van der Waals surface area (Å²) in [5, 5.41) is 0. The van der Waals surface area contributed by atoms with Crippen LogP contribution in [0.4, 0.5) is 0 Å². The molecule has 2 aromatic rings. The first-order valence-corrected chi connectivity index (χ1v) is 11.4. The molecule has 140 valence electrons. The first-order valence-electron chi connectivity index (χ1n) is 10.6. The normalized spacial score (nSPS) is 24.1. The fourth-order valence-corrected chi connectivity index (χ4v) is 5.94. The van der Waals surface area contributed by atoms with Gasteiger partial charge in [-0.1, -0.05) is 62.9 Å². The van der Waals surface area contributed by atoms with Gasteiger partial charge in [0.1, 0.15) is 18.2 Å². The van der Waals surface area contributed by atoms with Gasteiger partial charge in [-0.05, 0) is 46.5 Å². The van der Waals surface area contributed by atoms with Crippen LogP contribution in [0.3, 0.4) is 0 Å². The minimum Gasteiger partial charge on any atom is -0.469 e. The van der Waals surface area contributed by atoms with Gasteiger partial charge in [0.2, 0.25) is 0 Å². The van der Waals surface area contributed by atoms with E-state index < -0.39 is 0 Å². The molecule has 0 N–H and O–H groups in total. The Morgan fingerprint density at radius 3 is 2.31 bits per heavy atom. The van der Waals surface area contributed by atoms with Crippen molar-refractivity contribution in [3.05, 3.63) is 46.2 Å². The lowest BCUT2D eigenvalue weighted by Gasteiger charge is -2.40. The van der Waals surface area contributed by atoms with Crippen molar-refractivity contribution in [1.29, 1.82) is 0 Å². The first kappa shape index (κ1) is 18.5. The molecule has 0 unspecified atom stereocenters. The van der Waals surface area contributed by atoms with E-state index in [1.165, 1.54) is 75.4 Å². The van der Waals surface area contributed by atoms with Crippen LogP contribution in [0.1, 0.15) is 68.5 Å². The fourth-order valence-electron chi connectivity index (χ4n) is 5.54. The molecule has 0 atom stereocenters. The van der Waals surface area contributed by atoms with Crippen LogP contribution in [0.2, 0.25) is 18.0 Å². The highest BCUT2D eigenvalue weighted by Crippen LogP contribution is 2.48. The highest BCUT2D eigenvalue weighted by Gasteiger charge is 2.38. The number of hydrogen-bond donors (Lipinski definition) is 0. The van der Waals surface area contributed by atoms with E-state index in [1.807, 2.05) is 6.07 Å². The van der Waals surface area contributed by atoms with Crippen molar-refractivity contribution in [2.24, 2.45) is 0 Å². The van der Waals surface area contributed by atoms with Gasteiger partial charge in [0, 0.05) is 12.8 Å². The summed E-state index contributed by atoms with van der Waals surface area (Å²) in [6, 6.07) is 4.08. The molecule has 4 heteroatoms. The SMILES string of the molecule is Brc1ccoc1CCCB1C2CCCC1CCC2.c1cc2c(o1)CCC2. The first-order chi connectivity index (χ1) is 12.8. The van der Waals surface area contributed by atoms with Crippen LogP contribution in [0.5, 0.6) is 0 Å². The lowest BCUT2D eigenvalue weighted by molar-refractivity contribution is 0.439. The van der Waals surface area contributed by atoms with Crippen molar-refractivity contribution < 1.29 is 8.83 Å². The Balaban J connectivity index is 0.000000174. The second-order valence-corrected chi connectivity index (χ2v) is 9.21. The van der Waals surface area contributed by atoms with Crippen molar-refractivity contribution in [2.75, 3.05) is 0 Å². The Bertz CT molecular complexity index is 651. The minimum absolute atomic E-state index is 1.03. The van der Waals surface area contributed by atoms with Gasteiger partial charge in [-0.25, -0.2) is 0 Å². The molecule has 0 spiro atoms. The van der Waals surface area contributed by atoms with Crippen molar-refractivity contribution in [1.82, 2.24) is 0 Å². The van der Waals surface area contributed by atoms with E-state index in [0.29, 0.717) is 0 Å². The number of halogens is 1. The average molecular weight is 417 g/mol. The predicted molar refractivity (Wildman–Crippen MR) is 111 cm³/mol. The van der Waals surface area contributed by atoms with Crippen LogP contribution >= 0.6 is 15.9 Å². The standard InChI is InChI=1S/C15H22BBrO.C7H8O/c17-14-9-11-18-15(14)8-3-10-16-12-4-1-5-13(16)7-2-6-12;1-2-6-4-5-8-7(6)3-1/h9,11-13H,1-8,10H2;4-5H,1-3H2. The van der Waals surface area contributed by atoms with E-state index in [0.717, 1.165) is 41.4 Å². The van der Waals surface area contributed by atoms with E-state index in [4.69, 9.17) is 8.83 Å². The maximum absolute atomic E-state index is 5.50. The third-order valence-electron chi connectivity index (χ3n) is 6.83. The number of hydrogen-bond acceptors (Lipinski definition) is 2. The summed E-state index contributed by atoms with van der Waals surface area (Å²) in [5.41, 5.74) is 1.42. The Morgan fingerprint density at radius 1 is 0.923 bits per heavy atom. The van der Waals surface area contributed by atoms with Gasteiger partial charge >= 0.3 is 0 Å². The summed E-state index contributed by atoms with van der Waals surface area (Å²) >= 11 is 3.55. The van der Waals surface area contributed by atoms with Crippen molar-refractivity contribution in [3.63, 3.8) is 0 Å². The molecular weight excluding hydrogens is 387 g/mol. The van der Waals surface area contributed by atoms with Gasteiger partial charge in [-0.15, -0.1) is 0 Å². The van der Waals surface area contributed by atoms with Crippen molar-refractivity contribution >= 4 is 22.6 Å². The quantitative estimate of drug-likeness (QED) is 0.487. The smallest absolute Gasteiger partial charge is 0.146 e. The summed E-state index contributed by atoms with van der Waals surface area (Å²) < 4.78 is 11.8. The molecule has 0 amide bonds. The number of rotatable bonds is 4. The number of aryl methyl sites for hydroxylation is 3. The van der Waals surface area contributed by atoms with Gasteiger partial charge in [0.25, 0.3) is 0 Å². The van der Waals surface area contributed by atoms with E-state index in [1.54, 1.807) is 12.5 Å². The van der Waals surface area contributed by atoms with E-state index in [2.05, 4.69) is 22.0 Å². The number of furan rings is 2. The molecule has 2 nitrogen and oxygen atoms in total. The lowest BCUT2D eigenvalue weighted by atomic mass is 9.26. The largest absolute Gasteiger partial charge is 0.469 e. The van der Waals surface area contributed by atoms with Crippen LogP contribution in [0.15, 0.2) is 38.0 Å². The maximum atomic E-state index is 5.50. The third-order valence-corrected chi connectivity index (χ3v) is 7.54. The topological polar surface area (TPSA) is 26.3 Å². The van der Waals surface area contributed by atoms with Crippen LogP contribution < -0.4 is 0 Å². The van der Waals surface area contributed by atoms with E-state index in [9.17, 15) is 0 Å². The van der Waals surface area contributed by atoms with Crippen molar-refractivity contribution in [2.45, 2.75) is 88.6 Å². The second-order valence-electron chi connectivity index (χ2n) is 8.35. The molecule has 2 bridgehead atoms. The third kappa shape index (κ3) is 4.32. The van der Waals surface area contributed by atoms with Crippen molar-refractivity contribution in [3.8, 4) is 0 Å². The molecule has 2 aromatic heterocycles. The Morgan fingerprint density at radius 2 is 1.65 bits per heavy atom. The molecule has 0 radical (unpaired) electrons. The molecule has 0 saturated carbocycles. The van der Waals surface area contributed by atoms with Gasteiger partial charge in [-0.2, -0.15) is 0 Å². The zero-order valence-corrected chi connectivity index (χ0v) is 17.3. The zero-order chi connectivity index (χ0) is 17.8. The summed E-state index contributed by atoms with van der Waals surface area (Å²) in [7, 11) is 0. The molecule has 2 fully saturated rings. The second kappa shape index (κ2) is 8.86. The van der Waals surface area contributed by atoms with Crippen LogP contribution in [-0.4, -0.2) is 6.71 Å². The molecule has 3 aliphatic rings. The molecular formula is C22H30BBrO2. The summed E-state index contributed by atoms with van der Waals surface area (Å²) in [5.74, 6) is 4.45. The molecule has 4 heterocycles. The molecule has 1 aliphatic carbocycles. The Hall–Kier alpha value is -0.895. The minimum atomic E-state index is 1.03. The van der Waals surface area contributed by atoms with Crippen LogP contribution in [0.25, 0.3) is 0 Å². The predicted octanol–water partition coefficient (Wildman–Crippen LogP) is 7.35. The molecule has 2 aliphatic heterocycles. The summed E-state index contributed by atoms with van der Waals surface area (Å²) in [6.45, 7) is 1.03. The van der Waals surface area contributed by atoms with Crippen LogP contribution in [0, 0.1) is 0 Å². The summed E-state index contributed by atoms with van der Waals surface area (Å²) in [6.07, 6.45) is 20.1. The monoisotopic (exact) mass is 416 g/mol. The van der Waals surface area contributed by atoms with Gasteiger partial charge in [-0.3, -0.25) is 0 Å². The molecule has 26 heavy (non-hydrogen) atoms. The molecule has 2 saturated heterocycles. The van der Waals surface area contributed by atoms with Gasteiger partial charge in [0.05, 0.1) is 17.0 Å². The van der Waals surface area contributed by atoms with Gasteiger partial charge in [0.15, 0.2) is 0 Å². The zero-order valence-electron chi connectivity index (χ0n) is 15.7. The molecule has 0 aromatic carbocycles. The molecule has 5 rings (SSSR count). The van der Waals surface area contributed by atoms with E-state index >= 15 is 0 Å².